The molecule has 2 aromatic heterocycles. The van der Waals surface area contributed by atoms with E-state index in [1.165, 1.54) is 22.7 Å². The maximum absolute atomic E-state index is 13.4. The average molecular weight is 491 g/mol. The van der Waals surface area contributed by atoms with Gasteiger partial charge in [0, 0.05) is 35.7 Å². The zero-order valence-corrected chi connectivity index (χ0v) is 21.3. The lowest BCUT2D eigenvalue weighted by Crippen LogP contribution is -2.46. The number of thiophene rings is 1. The smallest absolute Gasteiger partial charge is 0.248 e. The first-order valence-corrected chi connectivity index (χ1v) is 13.4. The van der Waals surface area contributed by atoms with Crippen LogP contribution in [0.5, 0.6) is 0 Å². The lowest BCUT2D eigenvalue weighted by atomic mass is 10.1. The van der Waals surface area contributed by atoms with Crippen LogP contribution in [0.4, 0.5) is 5.13 Å². The van der Waals surface area contributed by atoms with Gasteiger partial charge in [-0.25, -0.2) is 4.98 Å². The molecule has 3 rings (SSSR count). The minimum atomic E-state index is -0.665. The van der Waals surface area contributed by atoms with Crippen LogP contribution >= 0.6 is 22.7 Å². The number of amides is 3. The number of thiazole rings is 1. The Hall–Kier alpha value is -2.26. The van der Waals surface area contributed by atoms with Crippen molar-refractivity contribution in [3.63, 3.8) is 0 Å². The van der Waals surface area contributed by atoms with E-state index in [1.54, 1.807) is 4.90 Å². The number of carbonyl (C=O) groups excluding carboxylic acids is 3. The lowest BCUT2D eigenvalue weighted by molar-refractivity contribution is -0.141. The van der Waals surface area contributed by atoms with Gasteiger partial charge in [-0.2, -0.15) is 0 Å². The van der Waals surface area contributed by atoms with Gasteiger partial charge in [-0.05, 0) is 43.6 Å². The van der Waals surface area contributed by atoms with Crippen molar-refractivity contribution in [2.45, 2.75) is 77.8 Å². The number of hydrogen-bond donors (Lipinski definition) is 2. The molecule has 1 aliphatic rings. The Morgan fingerprint density at radius 1 is 1.18 bits per heavy atom. The molecule has 1 saturated carbocycles. The fourth-order valence-corrected chi connectivity index (χ4v) is 5.51. The minimum absolute atomic E-state index is 0.0485. The summed E-state index contributed by atoms with van der Waals surface area (Å²) in [5.74, 6) is -0.159. The van der Waals surface area contributed by atoms with Gasteiger partial charge in [-0.1, -0.05) is 32.8 Å². The Bertz CT molecular complexity index is 920. The summed E-state index contributed by atoms with van der Waals surface area (Å²) in [5, 5.41) is 10.3. The molecule has 0 saturated heterocycles. The van der Waals surface area contributed by atoms with Gasteiger partial charge in [0.2, 0.25) is 17.7 Å². The fraction of sp³-hybridized carbons (Fsp3) is 0.583. The van der Waals surface area contributed by atoms with Crippen LogP contribution in [-0.4, -0.2) is 40.2 Å². The number of aromatic nitrogens is 1. The summed E-state index contributed by atoms with van der Waals surface area (Å²) in [7, 11) is 0. The highest BCUT2D eigenvalue weighted by Crippen LogP contribution is 2.29. The number of aryl methyl sites for hydroxylation is 1. The van der Waals surface area contributed by atoms with Crippen molar-refractivity contribution in [3.05, 3.63) is 33.5 Å². The molecule has 1 atom stereocenters. The highest BCUT2D eigenvalue weighted by Gasteiger charge is 2.33. The fourth-order valence-electron chi connectivity index (χ4n) is 3.97. The number of rotatable bonds is 11. The van der Waals surface area contributed by atoms with E-state index >= 15 is 0 Å². The molecule has 0 radical (unpaired) electrons. The van der Waals surface area contributed by atoms with E-state index in [-0.39, 0.29) is 36.6 Å². The van der Waals surface area contributed by atoms with Gasteiger partial charge in [-0.15, -0.1) is 22.7 Å². The third kappa shape index (κ3) is 7.64. The van der Waals surface area contributed by atoms with Crippen LogP contribution in [0.3, 0.4) is 0 Å². The molecule has 0 aromatic carbocycles. The first kappa shape index (κ1) is 25.4. The highest BCUT2D eigenvalue weighted by molar-refractivity contribution is 7.13. The second kappa shape index (κ2) is 12.3. The van der Waals surface area contributed by atoms with Crippen molar-refractivity contribution in [1.29, 1.82) is 0 Å². The normalized spacial score (nSPS) is 14.9. The molecule has 1 fully saturated rings. The Morgan fingerprint density at radius 2 is 1.94 bits per heavy atom. The van der Waals surface area contributed by atoms with Gasteiger partial charge in [0.1, 0.15) is 6.04 Å². The molecule has 2 aromatic rings. The minimum Gasteiger partial charge on any atom is -0.351 e. The molecular weight excluding hydrogens is 456 g/mol. The maximum atomic E-state index is 13.4. The molecule has 2 N–H and O–H groups in total. The number of carbonyl (C=O) groups is 3. The topological polar surface area (TPSA) is 91.4 Å². The van der Waals surface area contributed by atoms with E-state index in [4.69, 9.17) is 0 Å². The SMILES string of the molecule is Cc1csc(NC(=O)CCC(=O)N(CCC(C)C)[C@H](C(=O)NC2CCCC2)c2cccs2)n1. The van der Waals surface area contributed by atoms with Gasteiger partial charge in [0.15, 0.2) is 5.13 Å². The van der Waals surface area contributed by atoms with E-state index in [9.17, 15) is 14.4 Å². The Balaban J connectivity index is 1.71. The maximum Gasteiger partial charge on any atom is 0.248 e. The van der Waals surface area contributed by atoms with Crippen molar-refractivity contribution in [2.24, 2.45) is 5.92 Å². The number of hydrogen-bond acceptors (Lipinski definition) is 6. The summed E-state index contributed by atoms with van der Waals surface area (Å²) in [6.07, 6.45) is 5.11. The molecule has 0 spiro atoms. The van der Waals surface area contributed by atoms with Crippen LogP contribution in [0.1, 0.15) is 75.4 Å². The second-order valence-corrected chi connectivity index (χ2v) is 10.9. The summed E-state index contributed by atoms with van der Waals surface area (Å²) in [6.45, 7) is 6.55. The molecule has 0 aliphatic heterocycles. The average Bonchev–Trinajstić information content (AvgIpc) is 3.53. The van der Waals surface area contributed by atoms with E-state index in [1.807, 2.05) is 29.8 Å². The van der Waals surface area contributed by atoms with Crippen LogP contribution < -0.4 is 10.6 Å². The van der Waals surface area contributed by atoms with Gasteiger partial charge < -0.3 is 15.5 Å². The molecule has 0 bridgehead atoms. The predicted molar refractivity (Wildman–Crippen MR) is 133 cm³/mol. The van der Waals surface area contributed by atoms with Gasteiger partial charge in [-0.3, -0.25) is 14.4 Å². The number of nitrogens with zero attached hydrogens (tertiary/aromatic N) is 2. The Kier molecular flexibility index (Phi) is 9.43. The molecule has 1 aliphatic carbocycles. The van der Waals surface area contributed by atoms with Crippen molar-refractivity contribution < 1.29 is 14.4 Å². The first-order chi connectivity index (χ1) is 15.8. The van der Waals surface area contributed by atoms with E-state index in [2.05, 4.69) is 29.5 Å². The Morgan fingerprint density at radius 3 is 2.55 bits per heavy atom. The zero-order chi connectivity index (χ0) is 23.8. The van der Waals surface area contributed by atoms with Gasteiger partial charge in [0.25, 0.3) is 0 Å². The zero-order valence-electron chi connectivity index (χ0n) is 19.6. The van der Waals surface area contributed by atoms with Crippen LogP contribution in [0.15, 0.2) is 22.9 Å². The standard InChI is InChI=1S/C24H34N4O3S2/c1-16(2)12-13-28(21(30)11-10-20(29)27-24-25-17(3)15-33-24)22(19-9-6-14-32-19)23(31)26-18-7-4-5-8-18/h6,9,14-16,18,22H,4-5,7-8,10-13H2,1-3H3,(H,26,31)(H,25,27,29)/t22-/m0/s1. The van der Waals surface area contributed by atoms with E-state index in [0.29, 0.717) is 17.6 Å². The van der Waals surface area contributed by atoms with Crippen molar-refractivity contribution in [2.75, 3.05) is 11.9 Å². The van der Waals surface area contributed by atoms with Crippen LogP contribution in [0.2, 0.25) is 0 Å². The summed E-state index contributed by atoms with van der Waals surface area (Å²) in [6, 6.07) is 3.33. The van der Waals surface area contributed by atoms with Gasteiger partial charge in [0.05, 0.1) is 5.69 Å². The molecule has 3 amide bonds. The summed E-state index contributed by atoms with van der Waals surface area (Å²) >= 11 is 2.85. The largest absolute Gasteiger partial charge is 0.351 e. The van der Waals surface area contributed by atoms with E-state index < -0.39 is 6.04 Å². The summed E-state index contributed by atoms with van der Waals surface area (Å²) in [5.41, 5.74) is 0.846. The van der Waals surface area contributed by atoms with Crippen LogP contribution in [-0.2, 0) is 14.4 Å². The molecule has 33 heavy (non-hydrogen) atoms. The molecule has 2 heterocycles. The number of anilines is 1. The number of nitrogens with one attached hydrogen (secondary N) is 2. The van der Waals surface area contributed by atoms with E-state index in [0.717, 1.165) is 42.7 Å². The van der Waals surface area contributed by atoms with Crippen LogP contribution in [0, 0.1) is 12.8 Å². The second-order valence-electron chi connectivity index (χ2n) is 9.02. The third-order valence-electron chi connectivity index (χ3n) is 5.77. The molecule has 180 valence electrons. The highest BCUT2D eigenvalue weighted by atomic mass is 32.1. The third-order valence-corrected chi connectivity index (χ3v) is 7.57. The monoisotopic (exact) mass is 490 g/mol. The Labute approximate surface area is 204 Å². The summed E-state index contributed by atoms with van der Waals surface area (Å²) in [4.78, 5) is 45.9. The molecular formula is C24H34N4O3S2. The predicted octanol–water partition coefficient (Wildman–Crippen LogP) is 4.91. The van der Waals surface area contributed by atoms with Gasteiger partial charge >= 0.3 is 0 Å². The van der Waals surface area contributed by atoms with Crippen molar-refractivity contribution in [3.8, 4) is 0 Å². The van der Waals surface area contributed by atoms with Crippen LogP contribution in [0.25, 0.3) is 0 Å². The quantitative estimate of drug-likeness (QED) is 0.468. The lowest BCUT2D eigenvalue weighted by Gasteiger charge is -2.32. The molecule has 7 nitrogen and oxygen atoms in total. The molecule has 0 unspecified atom stereocenters. The van der Waals surface area contributed by atoms with Crippen molar-refractivity contribution >= 4 is 45.5 Å². The summed E-state index contributed by atoms with van der Waals surface area (Å²) < 4.78 is 0. The molecule has 9 heteroatoms. The van der Waals surface area contributed by atoms with Crippen molar-refractivity contribution in [1.82, 2.24) is 15.2 Å². The first-order valence-electron chi connectivity index (χ1n) is 11.7.